The summed E-state index contributed by atoms with van der Waals surface area (Å²) in [5, 5.41) is 17.5. The number of hydrogen-bond donors (Lipinski definition) is 2. The highest BCUT2D eigenvalue weighted by molar-refractivity contribution is 6.31. The van der Waals surface area contributed by atoms with Crippen molar-refractivity contribution in [3.05, 3.63) is 93.2 Å². The van der Waals surface area contributed by atoms with Crippen molar-refractivity contribution < 1.29 is 14.3 Å². The minimum atomic E-state index is -0.472. The van der Waals surface area contributed by atoms with Crippen LogP contribution in [-0.2, 0) is 24.5 Å². The van der Waals surface area contributed by atoms with Gasteiger partial charge in [-0.25, -0.2) is 8.91 Å². The van der Waals surface area contributed by atoms with Crippen LogP contribution < -0.4 is 10.9 Å². The number of amides is 1. The van der Waals surface area contributed by atoms with Crippen molar-refractivity contribution in [3.63, 3.8) is 0 Å². The van der Waals surface area contributed by atoms with Crippen LogP contribution in [0.5, 0.6) is 0 Å². The lowest BCUT2D eigenvalue weighted by Gasteiger charge is -2.09. The van der Waals surface area contributed by atoms with Gasteiger partial charge in [0.1, 0.15) is 17.9 Å². The second-order valence-electron chi connectivity index (χ2n) is 6.88. The molecule has 7 nitrogen and oxygen atoms in total. The molecule has 158 valence electrons. The largest absolute Gasteiger partial charge is 0.392 e. The van der Waals surface area contributed by atoms with E-state index in [0.717, 1.165) is 5.56 Å². The second-order valence-corrected chi connectivity index (χ2v) is 7.29. The van der Waals surface area contributed by atoms with Crippen molar-refractivity contribution in [3.8, 4) is 11.3 Å². The normalized spacial score (nSPS) is 11.1. The molecule has 0 fully saturated rings. The second kappa shape index (κ2) is 8.71. The van der Waals surface area contributed by atoms with E-state index < -0.39 is 18.0 Å². The SMILES string of the molecule is O=C(Cn1ccn2nc(-c3ccc(F)cc3)c(CO)c2c1=O)NCc1ccccc1Cl. The predicted octanol–water partition coefficient (Wildman–Crippen LogP) is 2.76. The van der Waals surface area contributed by atoms with E-state index in [1.54, 1.807) is 18.2 Å². The summed E-state index contributed by atoms with van der Waals surface area (Å²) < 4.78 is 15.8. The van der Waals surface area contributed by atoms with Gasteiger partial charge in [-0.2, -0.15) is 5.10 Å². The third-order valence-electron chi connectivity index (χ3n) is 4.88. The van der Waals surface area contributed by atoms with Gasteiger partial charge in [0.2, 0.25) is 5.91 Å². The van der Waals surface area contributed by atoms with Crippen LogP contribution in [0.2, 0.25) is 5.02 Å². The fourth-order valence-corrected chi connectivity index (χ4v) is 3.51. The number of hydrogen-bond acceptors (Lipinski definition) is 4. The lowest BCUT2D eigenvalue weighted by atomic mass is 10.1. The summed E-state index contributed by atoms with van der Waals surface area (Å²) in [5.41, 5.74) is 1.70. The number of carbonyl (C=O) groups is 1. The number of aromatic nitrogens is 3. The van der Waals surface area contributed by atoms with Crippen LogP contribution in [0.1, 0.15) is 11.1 Å². The first kappa shape index (κ1) is 20.8. The summed E-state index contributed by atoms with van der Waals surface area (Å²) in [7, 11) is 0. The number of rotatable bonds is 6. The first-order valence-corrected chi connectivity index (χ1v) is 9.83. The number of halogens is 2. The zero-order valence-corrected chi connectivity index (χ0v) is 17.0. The van der Waals surface area contributed by atoms with Crippen molar-refractivity contribution in [1.29, 1.82) is 0 Å². The van der Waals surface area contributed by atoms with Gasteiger partial charge >= 0.3 is 0 Å². The van der Waals surface area contributed by atoms with Crippen LogP contribution >= 0.6 is 11.6 Å². The first-order valence-electron chi connectivity index (χ1n) is 9.45. The summed E-state index contributed by atoms with van der Waals surface area (Å²) in [6.45, 7) is -0.408. The lowest BCUT2D eigenvalue weighted by molar-refractivity contribution is -0.121. The third kappa shape index (κ3) is 4.21. The molecule has 0 unspecified atom stereocenters. The number of nitrogens with one attached hydrogen (secondary N) is 1. The average molecular weight is 441 g/mol. The fraction of sp³-hybridized carbons (Fsp3) is 0.136. The molecule has 2 aromatic carbocycles. The van der Waals surface area contributed by atoms with E-state index in [9.17, 15) is 19.1 Å². The molecule has 0 saturated heterocycles. The summed E-state index contributed by atoms with van der Waals surface area (Å²) in [6, 6.07) is 12.8. The van der Waals surface area contributed by atoms with E-state index in [1.807, 2.05) is 6.07 Å². The minimum Gasteiger partial charge on any atom is -0.392 e. The molecule has 0 spiro atoms. The van der Waals surface area contributed by atoms with Gasteiger partial charge in [0.25, 0.3) is 5.56 Å². The average Bonchev–Trinajstić information content (AvgIpc) is 3.15. The van der Waals surface area contributed by atoms with Crippen LogP contribution in [0, 0.1) is 5.82 Å². The Hall–Kier alpha value is -3.49. The molecule has 9 heteroatoms. The highest BCUT2D eigenvalue weighted by atomic mass is 35.5. The Kier molecular flexibility index (Phi) is 5.83. The summed E-state index contributed by atoms with van der Waals surface area (Å²) in [5.74, 6) is -0.765. The molecule has 0 aliphatic heterocycles. The Morgan fingerprint density at radius 1 is 1.13 bits per heavy atom. The van der Waals surface area contributed by atoms with Gasteiger partial charge in [0.05, 0.1) is 12.3 Å². The van der Waals surface area contributed by atoms with Gasteiger partial charge in [-0.05, 0) is 35.9 Å². The highest BCUT2D eigenvalue weighted by Crippen LogP contribution is 2.25. The quantitative estimate of drug-likeness (QED) is 0.482. The van der Waals surface area contributed by atoms with Crippen molar-refractivity contribution >= 4 is 23.0 Å². The molecular formula is C22H18ClFN4O3. The van der Waals surface area contributed by atoms with Gasteiger partial charge < -0.3 is 15.0 Å². The number of aliphatic hydroxyl groups excluding tert-OH is 1. The van der Waals surface area contributed by atoms with E-state index in [4.69, 9.17) is 11.6 Å². The Labute approximate surface area is 181 Å². The molecule has 2 heterocycles. The standard InChI is InChI=1S/C22H18ClFN4O3/c23-18-4-2-1-3-15(18)11-25-19(30)12-27-9-10-28-21(22(27)31)17(13-29)20(26-28)14-5-7-16(24)8-6-14/h1-10,29H,11-13H2,(H,25,30). The number of benzene rings is 2. The molecule has 0 aliphatic rings. The fourth-order valence-electron chi connectivity index (χ4n) is 3.31. The topological polar surface area (TPSA) is 88.6 Å². The molecule has 0 radical (unpaired) electrons. The Balaban J connectivity index is 1.61. The van der Waals surface area contributed by atoms with E-state index in [-0.39, 0.29) is 24.5 Å². The summed E-state index contributed by atoms with van der Waals surface area (Å²) >= 11 is 6.09. The van der Waals surface area contributed by atoms with Crippen molar-refractivity contribution in [1.82, 2.24) is 19.5 Å². The van der Waals surface area contributed by atoms with Gasteiger partial charge in [-0.3, -0.25) is 9.59 Å². The molecule has 4 rings (SSSR count). The number of carbonyl (C=O) groups excluding carboxylic acids is 1. The molecule has 2 N–H and O–H groups in total. The molecule has 0 bridgehead atoms. The van der Waals surface area contributed by atoms with Crippen molar-refractivity contribution in [2.24, 2.45) is 0 Å². The van der Waals surface area contributed by atoms with E-state index >= 15 is 0 Å². The molecule has 4 aromatic rings. The molecule has 2 aromatic heterocycles. The van der Waals surface area contributed by atoms with Gasteiger partial charge in [-0.15, -0.1) is 0 Å². The van der Waals surface area contributed by atoms with Gasteiger partial charge in [0.15, 0.2) is 0 Å². The first-order chi connectivity index (χ1) is 15.0. The molecule has 0 atom stereocenters. The lowest BCUT2D eigenvalue weighted by Crippen LogP contribution is -2.32. The molecule has 31 heavy (non-hydrogen) atoms. The molecule has 1 amide bonds. The van der Waals surface area contributed by atoms with Crippen LogP contribution in [0.15, 0.2) is 65.7 Å². The van der Waals surface area contributed by atoms with E-state index in [0.29, 0.717) is 21.8 Å². The monoisotopic (exact) mass is 440 g/mol. The zero-order valence-electron chi connectivity index (χ0n) is 16.3. The van der Waals surface area contributed by atoms with Gasteiger partial charge in [-0.1, -0.05) is 29.8 Å². The van der Waals surface area contributed by atoms with E-state index in [1.165, 1.54) is 45.7 Å². The number of aliphatic hydroxyl groups is 1. The Morgan fingerprint density at radius 2 is 1.87 bits per heavy atom. The van der Waals surface area contributed by atoms with Crippen molar-refractivity contribution in [2.75, 3.05) is 0 Å². The van der Waals surface area contributed by atoms with E-state index in [2.05, 4.69) is 10.4 Å². The maximum atomic E-state index is 13.2. The highest BCUT2D eigenvalue weighted by Gasteiger charge is 2.18. The van der Waals surface area contributed by atoms with Crippen LogP contribution in [0.3, 0.4) is 0 Å². The minimum absolute atomic E-state index is 0.156. The zero-order chi connectivity index (χ0) is 22.0. The van der Waals surface area contributed by atoms with Crippen LogP contribution in [-0.4, -0.2) is 25.2 Å². The van der Waals surface area contributed by atoms with Crippen LogP contribution in [0.25, 0.3) is 16.8 Å². The van der Waals surface area contributed by atoms with Gasteiger partial charge in [0, 0.05) is 35.1 Å². The number of nitrogens with zero attached hydrogens (tertiary/aromatic N) is 3. The summed E-state index contributed by atoms with van der Waals surface area (Å²) in [4.78, 5) is 25.4. The predicted molar refractivity (Wildman–Crippen MR) is 114 cm³/mol. The maximum Gasteiger partial charge on any atom is 0.277 e. The molecule has 0 saturated carbocycles. The molecule has 0 aliphatic carbocycles. The third-order valence-corrected chi connectivity index (χ3v) is 5.25. The summed E-state index contributed by atoms with van der Waals surface area (Å²) in [6.07, 6.45) is 2.98. The molecular weight excluding hydrogens is 423 g/mol. The Bertz CT molecular complexity index is 1310. The smallest absolute Gasteiger partial charge is 0.277 e. The van der Waals surface area contributed by atoms with Crippen LogP contribution in [0.4, 0.5) is 4.39 Å². The Morgan fingerprint density at radius 3 is 2.58 bits per heavy atom. The maximum absolute atomic E-state index is 13.2. The number of fused-ring (bicyclic) bond motifs is 1. The van der Waals surface area contributed by atoms with Crippen molar-refractivity contribution in [2.45, 2.75) is 19.7 Å².